The van der Waals surface area contributed by atoms with Gasteiger partial charge < -0.3 is 5.11 Å². The van der Waals surface area contributed by atoms with Gasteiger partial charge in [0.2, 0.25) is 0 Å². The molecule has 0 heterocycles. The smallest absolute Gasteiger partial charge is 0.304 e. The zero-order valence-electron chi connectivity index (χ0n) is 8.48. The second-order valence-corrected chi connectivity index (χ2v) is 4.97. The van der Waals surface area contributed by atoms with E-state index in [1.807, 2.05) is 0 Å². The van der Waals surface area contributed by atoms with Crippen molar-refractivity contribution in [2.45, 2.75) is 18.8 Å². The third-order valence-electron chi connectivity index (χ3n) is 2.74. The van der Waals surface area contributed by atoms with Crippen molar-refractivity contribution in [2.75, 3.05) is 11.5 Å². The van der Waals surface area contributed by atoms with Crippen molar-refractivity contribution in [3.05, 3.63) is 35.4 Å². The van der Waals surface area contributed by atoms with Crippen molar-refractivity contribution in [3.8, 4) is 0 Å². The number of thioether (sulfide) groups is 1. The average Bonchev–Trinajstić information content (AvgIpc) is 2.18. The maximum atomic E-state index is 10.3. The molecule has 0 amide bonds. The normalized spacial score (nSPS) is 18.0. The Kier molecular flexibility index (Phi) is 3.31. The van der Waals surface area contributed by atoms with Gasteiger partial charge in [-0.1, -0.05) is 24.3 Å². The Balaban J connectivity index is 1.73. The Morgan fingerprint density at radius 2 is 2.27 bits per heavy atom. The number of carbonyl (C=O) groups is 1. The molecule has 1 unspecified atom stereocenters. The second kappa shape index (κ2) is 4.71. The van der Waals surface area contributed by atoms with Crippen LogP contribution >= 0.6 is 11.8 Å². The highest BCUT2D eigenvalue weighted by Crippen LogP contribution is 2.36. The summed E-state index contributed by atoms with van der Waals surface area (Å²) in [5.41, 5.74) is 2.92. The van der Waals surface area contributed by atoms with Crippen LogP contribution in [-0.4, -0.2) is 22.6 Å². The van der Waals surface area contributed by atoms with E-state index in [2.05, 4.69) is 24.3 Å². The Bertz CT molecular complexity index is 362. The number of fused-ring (bicyclic) bond motifs is 1. The summed E-state index contributed by atoms with van der Waals surface area (Å²) in [4.78, 5) is 10.3. The summed E-state index contributed by atoms with van der Waals surface area (Å²) < 4.78 is 0. The van der Waals surface area contributed by atoms with Crippen LogP contribution in [0.15, 0.2) is 24.3 Å². The van der Waals surface area contributed by atoms with Crippen LogP contribution < -0.4 is 0 Å². The molecule has 1 aliphatic carbocycles. The number of hydrogen-bond acceptors (Lipinski definition) is 2. The second-order valence-electron chi connectivity index (χ2n) is 3.82. The van der Waals surface area contributed by atoms with Gasteiger partial charge in [-0.2, -0.15) is 11.8 Å². The number of benzene rings is 1. The van der Waals surface area contributed by atoms with E-state index >= 15 is 0 Å². The van der Waals surface area contributed by atoms with Crippen molar-refractivity contribution < 1.29 is 9.90 Å². The molecular weight excluding hydrogens is 208 g/mol. The van der Waals surface area contributed by atoms with Gasteiger partial charge in [0.1, 0.15) is 0 Å². The van der Waals surface area contributed by atoms with Gasteiger partial charge in [0.05, 0.1) is 6.42 Å². The highest BCUT2D eigenvalue weighted by molar-refractivity contribution is 7.99. The van der Waals surface area contributed by atoms with E-state index in [0.717, 1.165) is 17.9 Å². The van der Waals surface area contributed by atoms with Crippen molar-refractivity contribution in [1.29, 1.82) is 0 Å². The van der Waals surface area contributed by atoms with Gasteiger partial charge in [-0.3, -0.25) is 4.79 Å². The van der Waals surface area contributed by atoms with Crippen molar-refractivity contribution in [3.63, 3.8) is 0 Å². The molecule has 0 radical (unpaired) electrons. The summed E-state index contributed by atoms with van der Waals surface area (Å²) in [5.74, 6) is 1.75. The fourth-order valence-corrected chi connectivity index (χ4v) is 2.96. The minimum atomic E-state index is -0.698. The van der Waals surface area contributed by atoms with Gasteiger partial charge in [0.15, 0.2) is 0 Å². The minimum Gasteiger partial charge on any atom is -0.481 e. The van der Waals surface area contributed by atoms with Crippen LogP contribution in [0.5, 0.6) is 0 Å². The lowest BCUT2D eigenvalue weighted by Crippen LogP contribution is -2.19. The van der Waals surface area contributed by atoms with Crippen LogP contribution in [0.2, 0.25) is 0 Å². The Morgan fingerprint density at radius 1 is 1.47 bits per heavy atom. The van der Waals surface area contributed by atoms with Crippen LogP contribution in [0.1, 0.15) is 23.5 Å². The molecule has 15 heavy (non-hydrogen) atoms. The van der Waals surface area contributed by atoms with E-state index < -0.39 is 5.97 Å². The highest BCUT2D eigenvalue weighted by Gasteiger charge is 2.24. The first-order valence-corrected chi connectivity index (χ1v) is 6.30. The summed E-state index contributed by atoms with van der Waals surface area (Å²) in [6, 6.07) is 8.51. The van der Waals surface area contributed by atoms with Crippen LogP contribution in [0.4, 0.5) is 0 Å². The molecule has 1 N–H and O–H groups in total. The first-order chi connectivity index (χ1) is 7.27. The van der Waals surface area contributed by atoms with Gasteiger partial charge in [0, 0.05) is 11.5 Å². The van der Waals surface area contributed by atoms with Gasteiger partial charge in [-0.25, -0.2) is 0 Å². The molecule has 80 valence electrons. The van der Waals surface area contributed by atoms with E-state index in [-0.39, 0.29) is 6.42 Å². The number of rotatable bonds is 5. The molecule has 0 aliphatic heterocycles. The minimum absolute atomic E-state index is 0.277. The van der Waals surface area contributed by atoms with E-state index in [9.17, 15) is 4.79 Å². The lowest BCUT2D eigenvalue weighted by Gasteiger charge is -2.29. The predicted octanol–water partition coefficient (Wildman–Crippen LogP) is 2.53. The Hall–Kier alpha value is -0.960. The topological polar surface area (TPSA) is 37.3 Å². The van der Waals surface area contributed by atoms with E-state index in [0.29, 0.717) is 5.92 Å². The summed E-state index contributed by atoms with van der Waals surface area (Å²) in [7, 11) is 0. The molecule has 1 aliphatic rings. The van der Waals surface area contributed by atoms with Crippen LogP contribution in [0.3, 0.4) is 0 Å². The van der Waals surface area contributed by atoms with Gasteiger partial charge in [-0.15, -0.1) is 0 Å². The first-order valence-electron chi connectivity index (χ1n) is 5.14. The SMILES string of the molecule is O=C(O)CCSCC1Cc2ccccc21. The molecule has 3 heteroatoms. The number of hydrogen-bond donors (Lipinski definition) is 1. The maximum absolute atomic E-state index is 10.3. The van der Waals surface area contributed by atoms with Crippen LogP contribution in [-0.2, 0) is 11.2 Å². The largest absolute Gasteiger partial charge is 0.481 e. The lowest BCUT2D eigenvalue weighted by atomic mass is 9.79. The van der Waals surface area contributed by atoms with Gasteiger partial charge in [-0.05, 0) is 23.5 Å². The summed E-state index contributed by atoms with van der Waals surface area (Å²) in [5, 5.41) is 8.49. The van der Waals surface area contributed by atoms with E-state index in [1.54, 1.807) is 11.8 Å². The number of carboxylic acid groups (broad SMARTS) is 1. The van der Waals surface area contributed by atoms with Crippen LogP contribution in [0.25, 0.3) is 0 Å². The van der Waals surface area contributed by atoms with Crippen LogP contribution in [0, 0.1) is 0 Å². The zero-order valence-corrected chi connectivity index (χ0v) is 9.30. The lowest BCUT2D eigenvalue weighted by molar-refractivity contribution is -0.136. The van der Waals surface area contributed by atoms with E-state index in [1.165, 1.54) is 11.1 Å². The number of carboxylic acids is 1. The molecule has 2 nitrogen and oxygen atoms in total. The third-order valence-corrected chi connectivity index (χ3v) is 3.87. The van der Waals surface area contributed by atoms with Crippen molar-refractivity contribution >= 4 is 17.7 Å². The monoisotopic (exact) mass is 222 g/mol. The maximum Gasteiger partial charge on any atom is 0.304 e. The number of aliphatic carboxylic acids is 1. The van der Waals surface area contributed by atoms with Gasteiger partial charge >= 0.3 is 5.97 Å². The Labute approximate surface area is 93.7 Å². The quantitative estimate of drug-likeness (QED) is 0.778. The summed E-state index contributed by atoms with van der Waals surface area (Å²) in [6.45, 7) is 0. The molecule has 1 aromatic rings. The molecule has 0 bridgehead atoms. The standard InChI is InChI=1S/C12H14O2S/c13-12(14)5-6-15-8-10-7-9-3-1-2-4-11(9)10/h1-4,10H,5-8H2,(H,13,14). The average molecular weight is 222 g/mol. The van der Waals surface area contributed by atoms with E-state index in [4.69, 9.17) is 5.11 Å². The van der Waals surface area contributed by atoms with Gasteiger partial charge in [0.25, 0.3) is 0 Å². The first kappa shape index (κ1) is 10.6. The van der Waals surface area contributed by atoms with Crippen molar-refractivity contribution in [2.24, 2.45) is 0 Å². The molecule has 0 fully saturated rings. The van der Waals surface area contributed by atoms with Crippen molar-refractivity contribution in [1.82, 2.24) is 0 Å². The highest BCUT2D eigenvalue weighted by atomic mass is 32.2. The molecule has 1 atom stereocenters. The fraction of sp³-hybridized carbons (Fsp3) is 0.417. The molecule has 0 saturated carbocycles. The predicted molar refractivity (Wildman–Crippen MR) is 62.5 cm³/mol. The Morgan fingerprint density at radius 3 is 3.00 bits per heavy atom. The molecule has 2 rings (SSSR count). The summed E-state index contributed by atoms with van der Waals surface area (Å²) >= 11 is 1.75. The molecule has 1 aromatic carbocycles. The fourth-order valence-electron chi connectivity index (χ4n) is 1.90. The molecule has 0 saturated heterocycles. The molecular formula is C12H14O2S. The molecule has 0 spiro atoms. The third kappa shape index (κ3) is 2.53. The summed E-state index contributed by atoms with van der Waals surface area (Å²) in [6.07, 6.45) is 1.44. The zero-order chi connectivity index (χ0) is 10.7. The molecule has 0 aromatic heterocycles.